The van der Waals surface area contributed by atoms with E-state index in [1.54, 1.807) is 25.1 Å². The number of fused-ring (bicyclic) bond motifs is 3. The van der Waals surface area contributed by atoms with E-state index in [1.165, 1.54) is 11.1 Å². The van der Waals surface area contributed by atoms with Gasteiger partial charge < -0.3 is 10.1 Å². The molecule has 0 fully saturated rings. The summed E-state index contributed by atoms with van der Waals surface area (Å²) in [5.41, 5.74) is 5.55. The number of hydrogen-bond acceptors (Lipinski definition) is 2. The number of amides is 1. The standard InChI is InChI=1S/C25H20FNO2/c1-17-8-6-9-18(24(17)26)10-7-15-27-25(28)29-16-23-21-13-4-2-11-19(21)20-12-3-5-14-22(20)23/h2-6,8-9,11-14,23H,15-16H2,1H3,(H,27,28). The normalized spacial score (nSPS) is 11.8. The first kappa shape index (κ1) is 18.8. The molecule has 1 N–H and O–H groups in total. The SMILES string of the molecule is Cc1cccc(C#CCNC(=O)OCC2c3ccccc3-c3ccccc32)c1F. The highest BCUT2D eigenvalue weighted by molar-refractivity contribution is 5.79. The zero-order valence-corrected chi connectivity index (χ0v) is 16.0. The summed E-state index contributed by atoms with van der Waals surface area (Å²) >= 11 is 0. The van der Waals surface area contributed by atoms with Gasteiger partial charge in [0.1, 0.15) is 12.4 Å². The Kier molecular flexibility index (Phi) is 5.31. The molecule has 0 radical (unpaired) electrons. The minimum absolute atomic E-state index is 0.0145. The molecule has 1 aliphatic rings. The van der Waals surface area contributed by atoms with Crippen molar-refractivity contribution in [2.24, 2.45) is 0 Å². The van der Waals surface area contributed by atoms with Gasteiger partial charge in [-0.25, -0.2) is 9.18 Å². The molecule has 0 bridgehead atoms. The van der Waals surface area contributed by atoms with Crippen LogP contribution >= 0.6 is 0 Å². The van der Waals surface area contributed by atoms with Crippen LogP contribution in [0.2, 0.25) is 0 Å². The van der Waals surface area contributed by atoms with Crippen molar-refractivity contribution in [2.45, 2.75) is 12.8 Å². The Bertz CT molecular complexity index is 1080. The fraction of sp³-hybridized carbons (Fsp3) is 0.160. The van der Waals surface area contributed by atoms with Gasteiger partial charge in [0.15, 0.2) is 0 Å². The molecule has 0 spiro atoms. The van der Waals surface area contributed by atoms with Crippen LogP contribution in [0.25, 0.3) is 11.1 Å². The van der Waals surface area contributed by atoms with E-state index < -0.39 is 6.09 Å². The zero-order valence-electron chi connectivity index (χ0n) is 16.0. The molecule has 3 aromatic carbocycles. The summed E-state index contributed by atoms with van der Waals surface area (Å²) in [5.74, 6) is 5.18. The highest BCUT2D eigenvalue weighted by Gasteiger charge is 2.28. The number of ether oxygens (including phenoxy) is 1. The second kappa shape index (κ2) is 8.20. The molecule has 3 nitrogen and oxygen atoms in total. The second-order valence-corrected chi connectivity index (χ2v) is 6.92. The van der Waals surface area contributed by atoms with Crippen molar-refractivity contribution >= 4 is 6.09 Å². The van der Waals surface area contributed by atoms with Gasteiger partial charge in [0.05, 0.1) is 12.1 Å². The number of benzene rings is 3. The van der Waals surface area contributed by atoms with Crippen molar-refractivity contribution in [2.75, 3.05) is 13.2 Å². The van der Waals surface area contributed by atoms with E-state index in [2.05, 4.69) is 41.4 Å². The highest BCUT2D eigenvalue weighted by Crippen LogP contribution is 2.44. The molecule has 0 unspecified atom stereocenters. The Hall–Kier alpha value is -3.58. The van der Waals surface area contributed by atoms with Crippen LogP contribution in [0.3, 0.4) is 0 Å². The van der Waals surface area contributed by atoms with Crippen molar-refractivity contribution in [3.8, 4) is 23.0 Å². The van der Waals surface area contributed by atoms with E-state index in [0.717, 1.165) is 11.1 Å². The maximum Gasteiger partial charge on any atom is 0.407 e. The Balaban J connectivity index is 1.36. The van der Waals surface area contributed by atoms with Crippen molar-refractivity contribution in [1.82, 2.24) is 5.32 Å². The first-order chi connectivity index (χ1) is 14.1. The summed E-state index contributed by atoms with van der Waals surface area (Å²) in [6, 6.07) is 21.4. The average molecular weight is 385 g/mol. The molecule has 0 heterocycles. The Morgan fingerprint density at radius 2 is 1.66 bits per heavy atom. The van der Waals surface area contributed by atoms with Gasteiger partial charge >= 0.3 is 6.09 Å². The summed E-state index contributed by atoms with van der Waals surface area (Å²) in [4.78, 5) is 12.1. The Morgan fingerprint density at radius 1 is 1.00 bits per heavy atom. The molecular weight excluding hydrogens is 365 g/mol. The Labute approximate surface area is 169 Å². The molecule has 1 aliphatic carbocycles. The number of carbonyl (C=O) groups excluding carboxylic acids is 1. The third kappa shape index (κ3) is 3.86. The van der Waals surface area contributed by atoms with Crippen molar-refractivity contribution in [1.29, 1.82) is 0 Å². The molecule has 4 heteroatoms. The van der Waals surface area contributed by atoms with Gasteiger partial charge in [-0.3, -0.25) is 0 Å². The third-order valence-corrected chi connectivity index (χ3v) is 5.08. The number of halogens is 1. The van der Waals surface area contributed by atoms with Gasteiger partial charge in [0.2, 0.25) is 0 Å². The van der Waals surface area contributed by atoms with Gasteiger partial charge in [0.25, 0.3) is 0 Å². The van der Waals surface area contributed by atoms with Crippen LogP contribution in [0, 0.1) is 24.6 Å². The number of aryl methyl sites for hydroxylation is 1. The number of rotatable bonds is 3. The van der Waals surface area contributed by atoms with E-state index in [4.69, 9.17) is 4.74 Å². The quantitative estimate of drug-likeness (QED) is 0.643. The minimum Gasteiger partial charge on any atom is -0.449 e. The smallest absolute Gasteiger partial charge is 0.407 e. The van der Waals surface area contributed by atoms with Crippen molar-refractivity contribution in [3.63, 3.8) is 0 Å². The number of alkyl carbamates (subject to hydrolysis) is 1. The van der Waals surface area contributed by atoms with Gasteiger partial charge in [-0.05, 0) is 40.8 Å². The van der Waals surface area contributed by atoms with Gasteiger partial charge in [-0.15, -0.1) is 0 Å². The zero-order chi connectivity index (χ0) is 20.2. The predicted octanol–water partition coefficient (Wildman–Crippen LogP) is 5.02. The van der Waals surface area contributed by atoms with Crippen LogP contribution in [0.1, 0.15) is 28.2 Å². The van der Waals surface area contributed by atoms with E-state index in [1.807, 2.05) is 24.3 Å². The maximum absolute atomic E-state index is 13.9. The molecule has 4 rings (SSSR count). The van der Waals surface area contributed by atoms with E-state index in [-0.39, 0.29) is 24.9 Å². The van der Waals surface area contributed by atoms with Crippen LogP contribution in [0.5, 0.6) is 0 Å². The lowest BCUT2D eigenvalue weighted by Crippen LogP contribution is -2.26. The van der Waals surface area contributed by atoms with Crippen LogP contribution in [-0.2, 0) is 4.74 Å². The molecule has 1 amide bonds. The van der Waals surface area contributed by atoms with E-state index in [9.17, 15) is 9.18 Å². The lowest BCUT2D eigenvalue weighted by Gasteiger charge is -2.14. The topological polar surface area (TPSA) is 38.3 Å². The number of nitrogens with one attached hydrogen (secondary N) is 1. The summed E-state index contributed by atoms with van der Waals surface area (Å²) in [5, 5.41) is 2.60. The second-order valence-electron chi connectivity index (χ2n) is 6.92. The maximum atomic E-state index is 13.9. The molecule has 0 saturated carbocycles. The summed E-state index contributed by atoms with van der Waals surface area (Å²) in [7, 11) is 0. The molecule has 0 aromatic heterocycles. The third-order valence-electron chi connectivity index (χ3n) is 5.08. The number of hydrogen-bond donors (Lipinski definition) is 1. The molecule has 29 heavy (non-hydrogen) atoms. The van der Waals surface area contributed by atoms with E-state index in [0.29, 0.717) is 11.1 Å². The summed E-state index contributed by atoms with van der Waals surface area (Å²) in [6.45, 7) is 2.03. The fourth-order valence-electron chi connectivity index (χ4n) is 3.65. The lowest BCUT2D eigenvalue weighted by molar-refractivity contribution is 0.144. The average Bonchev–Trinajstić information content (AvgIpc) is 3.06. The number of carbonyl (C=O) groups is 1. The van der Waals surface area contributed by atoms with Gasteiger partial charge in [-0.2, -0.15) is 0 Å². The first-order valence-electron chi connectivity index (χ1n) is 9.48. The molecular formula is C25H20FNO2. The molecule has 0 atom stereocenters. The van der Waals surface area contributed by atoms with Crippen LogP contribution in [0.4, 0.5) is 9.18 Å². The van der Waals surface area contributed by atoms with Crippen molar-refractivity contribution in [3.05, 3.63) is 94.8 Å². The van der Waals surface area contributed by atoms with Crippen LogP contribution in [0.15, 0.2) is 66.7 Å². The van der Waals surface area contributed by atoms with Gasteiger partial charge in [0, 0.05) is 5.92 Å². The van der Waals surface area contributed by atoms with Gasteiger partial charge in [-0.1, -0.05) is 72.5 Å². The molecule has 144 valence electrons. The summed E-state index contributed by atoms with van der Waals surface area (Å²) in [6.07, 6.45) is -0.536. The Morgan fingerprint density at radius 3 is 2.34 bits per heavy atom. The highest BCUT2D eigenvalue weighted by atomic mass is 19.1. The fourth-order valence-corrected chi connectivity index (χ4v) is 3.65. The molecule has 3 aromatic rings. The molecule has 0 aliphatic heterocycles. The van der Waals surface area contributed by atoms with Crippen LogP contribution in [-0.4, -0.2) is 19.2 Å². The predicted molar refractivity (Wildman–Crippen MR) is 111 cm³/mol. The molecule has 0 saturated heterocycles. The lowest BCUT2D eigenvalue weighted by atomic mass is 9.98. The minimum atomic E-state index is -0.536. The van der Waals surface area contributed by atoms with E-state index >= 15 is 0 Å². The van der Waals surface area contributed by atoms with Crippen LogP contribution < -0.4 is 5.32 Å². The monoisotopic (exact) mass is 385 g/mol. The largest absolute Gasteiger partial charge is 0.449 e. The summed E-state index contributed by atoms with van der Waals surface area (Å²) < 4.78 is 19.4. The van der Waals surface area contributed by atoms with Crippen molar-refractivity contribution < 1.29 is 13.9 Å². The first-order valence-corrected chi connectivity index (χ1v) is 9.48.